The first-order chi connectivity index (χ1) is 15.5. The lowest BCUT2D eigenvalue weighted by molar-refractivity contribution is -0.124. The van der Waals surface area contributed by atoms with Crippen molar-refractivity contribution in [3.05, 3.63) is 95.0 Å². The van der Waals surface area contributed by atoms with E-state index in [9.17, 15) is 9.59 Å². The summed E-state index contributed by atoms with van der Waals surface area (Å²) in [6.07, 6.45) is 0.444. The highest BCUT2D eigenvalue weighted by atomic mass is 35.5. The van der Waals surface area contributed by atoms with Crippen LogP contribution in [0.25, 0.3) is 0 Å². The summed E-state index contributed by atoms with van der Waals surface area (Å²) in [5.74, 6) is -0.482. The third-order valence-electron chi connectivity index (χ3n) is 5.48. The van der Waals surface area contributed by atoms with E-state index in [0.717, 1.165) is 16.8 Å². The van der Waals surface area contributed by atoms with E-state index in [-0.39, 0.29) is 11.8 Å². The number of halogens is 1. The molecule has 2 atom stereocenters. The Kier molecular flexibility index (Phi) is 6.37. The standard InChI is InChI=1S/C26H24ClN3O2/c1-3-22(25(31)29-20-13-9-12-19(27)16-20)30-23-15-8-7-14-21(23)24(28-17(2)26(30)32)18-10-5-4-6-11-18/h4-17,22H,3H2,1-2H3,(H,29,31)/t17-,22+/m1/s1. The predicted octanol–water partition coefficient (Wildman–Crippen LogP) is 5.33. The molecule has 5 nitrogen and oxygen atoms in total. The molecule has 2 amide bonds. The molecule has 3 aromatic rings. The van der Waals surface area contributed by atoms with Gasteiger partial charge in [0.05, 0.1) is 11.4 Å². The van der Waals surface area contributed by atoms with Gasteiger partial charge in [0.15, 0.2) is 0 Å². The van der Waals surface area contributed by atoms with Gasteiger partial charge in [-0.3, -0.25) is 19.5 Å². The molecule has 0 saturated heterocycles. The maximum Gasteiger partial charge on any atom is 0.252 e. The number of benzodiazepines with no additional fused rings is 1. The van der Waals surface area contributed by atoms with E-state index >= 15 is 0 Å². The number of carbonyl (C=O) groups excluding carboxylic acids is 2. The van der Waals surface area contributed by atoms with E-state index in [0.29, 0.717) is 22.8 Å². The number of amides is 2. The first-order valence-corrected chi connectivity index (χ1v) is 11.0. The normalized spacial score (nSPS) is 16.6. The van der Waals surface area contributed by atoms with Gasteiger partial charge < -0.3 is 5.32 Å². The Morgan fingerprint density at radius 3 is 2.50 bits per heavy atom. The van der Waals surface area contributed by atoms with Crippen molar-refractivity contribution in [2.75, 3.05) is 10.2 Å². The van der Waals surface area contributed by atoms with Crippen LogP contribution in [0.3, 0.4) is 0 Å². The SMILES string of the molecule is CC[C@@H](C(=O)Nc1cccc(Cl)c1)N1C(=O)[C@@H](C)N=C(c2ccccc2)c2ccccc21. The van der Waals surface area contributed by atoms with Crippen LogP contribution in [-0.2, 0) is 9.59 Å². The van der Waals surface area contributed by atoms with Crippen molar-refractivity contribution in [2.24, 2.45) is 4.99 Å². The first kappa shape index (κ1) is 21.8. The average Bonchev–Trinajstić information content (AvgIpc) is 2.91. The number of benzene rings is 3. The number of nitrogens with one attached hydrogen (secondary N) is 1. The van der Waals surface area contributed by atoms with Crippen molar-refractivity contribution in [3.8, 4) is 0 Å². The van der Waals surface area contributed by atoms with Crippen molar-refractivity contribution in [2.45, 2.75) is 32.4 Å². The predicted molar refractivity (Wildman–Crippen MR) is 130 cm³/mol. The second kappa shape index (κ2) is 9.37. The number of aliphatic imine (C=N–C) groups is 1. The van der Waals surface area contributed by atoms with Gasteiger partial charge in [-0.05, 0) is 37.6 Å². The van der Waals surface area contributed by atoms with Crippen LogP contribution in [0.5, 0.6) is 0 Å². The summed E-state index contributed by atoms with van der Waals surface area (Å²) in [7, 11) is 0. The fraction of sp³-hybridized carbons (Fsp3) is 0.192. The Hall–Kier alpha value is -3.44. The summed E-state index contributed by atoms with van der Waals surface area (Å²) in [6, 6.07) is 23.0. The summed E-state index contributed by atoms with van der Waals surface area (Å²) >= 11 is 6.06. The fourth-order valence-electron chi connectivity index (χ4n) is 3.95. The maximum absolute atomic E-state index is 13.5. The molecule has 3 aromatic carbocycles. The summed E-state index contributed by atoms with van der Waals surface area (Å²) in [4.78, 5) is 33.2. The molecule has 0 unspecified atom stereocenters. The molecule has 0 aliphatic carbocycles. The van der Waals surface area contributed by atoms with Crippen LogP contribution >= 0.6 is 11.6 Å². The van der Waals surface area contributed by atoms with Gasteiger partial charge in [-0.25, -0.2) is 0 Å². The van der Waals surface area contributed by atoms with Crippen molar-refractivity contribution in [1.82, 2.24) is 0 Å². The lowest BCUT2D eigenvalue weighted by Crippen LogP contribution is -2.50. The Morgan fingerprint density at radius 1 is 1.06 bits per heavy atom. The minimum Gasteiger partial charge on any atom is -0.324 e. The Labute approximate surface area is 192 Å². The number of fused-ring (bicyclic) bond motifs is 1. The highest BCUT2D eigenvalue weighted by molar-refractivity contribution is 6.31. The highest BCUT2D eigenvalue weighted by Crippen LogP contribution is 2.31. The smallest absolute Gasteiger partial charge is 0.252 e. The number of anilines is 2. The molecule has 1 aliphatic heterocycles. The molecule has 0 fully saturated rings. The van der Waals surface area contributed by atoms with Crippen LogP contribution in [0, 0.1) is 0 Å². The van der Waals surface area contributed by atoms with E-state index in [4.69, 9.17) is 16.6 Å². The second-order valence-electron chi connectivity index (χ2n) is 7.67. The quantitative estimate of drug-likeness (QED) is 0.577. The fourth-order valence-corrected chi connectivity index (χ4v) is 4.14. The topological polar surface area (TPSA) is 61.8 Å². The minimum absolute atomic E-state index is 0.212. The molecule has 0 saturated carbocycles. The number of nitrogens with zero attached hydrogens (tertiary/aromatic N) is 2. The maximum atomic E-state index is 13.5. The van der Waals surface area contributed by atoms with Gasteiger partial charge in [-0.1, -0.05) is 73.1 Å². The lowest BCUT2D eigenvalue weighted by atomic mass is 9.99. The molecule has 0 bridgehead atoms. The molecule has 32 heavy (non-hydrogen) atoms. The molecule has 0 spiro atoms. The zero-order valence-electron chi connectivity index (χ0n) is 18.0. The van der Waals surface area contributed by atoms with Crippen LogP contribution in [-0.4, -0.2) is 29.6 Å². The summed E-state index contributed by atoms with van der Waals surface area (Å²) in [5.41, 5.74) is 3.77. The summed E-state index contributed by atoms with van der Waals surface area (Å²) in [6.45, 7) is 3.67. The van der Waals surface area contributed by atoms with Gasteiger partial charge in [0.2, 0.25) is 5.91 Å². The van der Waals surface area contributed by atoms with E-state index < -0.39 is 12.1 Å². The Bertz CT molecular complexity index is 1180. The van der Waals surface area contributed by atoms with Crippen molar-refractivity contribution in [3.63, 3.8) is 0 Å². The molecule has 1 heterocycles. The molecular formula is C26H24ClN3O2. The lowest BCUT2D eigenvalue weighted by Gasteiger charge is -2.31. The van der Waals surface area contributed by atoms with E-state index in [1.165, 1.54) is 0 Å². The minimum atomic E-state index is -0.699. The third-order valence-corrected chi connectivity index (χ3v) is 5.71. The third kappa shape index (κ3) is 4.30. The highest BCUT2D eigenvalue weighted by Gasteiger charge is 2.36. The largest absolute Gasteiger partial charge is 0.324 e. The van der Waals surface area contributed by atoms with Crippen molar-refractivity contribution in [1.29, 1.82) is 0 Å². The Morgan fingerprint density at radius 2 is 1.78 bits per heavy atom. The zero-order chi connectivity index (χ0) is 22.7. The van der Waals surface area contributed by atoms with E-state index in [1.807, 2.05) is 61.5 Å². The van der Waals surface area contributed by atoms with Crippen LogP contribution < -0.4 is 10.2 Å². The van der Waals surface area contributed by atoms with Gasteiger partial charge in [-0.2, -0.15) is 0 Å². The number of hydrogen-bond acceptors (Lipinski definition) is 3. The van der Waals surface area contributed by atoms with E-state index in [2.05, 4.69) is 5.32 Å². The monoisotopic (exact) mass is 445 g/mol. The van der Waals surface area contributed by atoms with Crippen molar-refractivity contribution < 1.29 is 9.59 Å². The first-order valence-electron chi connectivity index (χ1n) is 10.6. The summed E-state index contributed by atoms with van der Waals surface area (Å²) < 4.78 is 0. The zero-order valence-corrected chi connectivity index (χ0v) is 18.7. The molecule has 1 N–H and O–H groups in total. The molecule has 162 valence electrons. The molecular weight excluding hydrogens is 422 g/mol. The number of carbonyl (C=O) groups is 2. The molecule has 4 rings (SSSR count). The van der Waals surface area contributed by atoms with Crippen molar-refractivity contribution >= 4 is 40.5 Å². The molecule has 6 heteroatoms. The van der Waals surface area contributed by atoms with Gasteiger partial charge in [0.25, 0.3) is 5.91 Å². The van der Waals surface area contributed by atoms with Crippen LogP contribution in [0.1, 0.15) is 31.4 Å². The average molecular weight is 446 g/mol. The second-order valence-corrected chi connectivity index (χ2v) is 8.11. The van der Waals surface area contributed by atoms with Gasteiger partial charge >= 0.3 is 0 Å². The van der Waals surface area contributed by atoms with Gasteiger partial charge in [0.1, 0.15) is 12.1 Å². The van der Waals surface area contributed by atoms with Crippen LogP contribution in [0.4, 0.5) is 11.4 Å². The Balaban J connectivity index is 1.77. The van der Waals surface area contributed by atoms with Gasteiger partial charge in [0, 0.05) is 21.8 Å². The molecule has 0 aromatic heterocycles. The van der Waals surface area contributed by atoms with E-state index in [1.54, 1.807) is 36.1 Å². The number of rotatable bonds is 5. The summed E-state index contributed by atoms with van der Waals surface area (Å²) in [5, 5.41) is 3.44. The number of para-hydroxylation sites is 1. The van der Waals surface area contributed by atoms with Gasteiger partial charge in [-0.15, -0.1) is 0 Å². The van der Waals surface area contributed by atoms with Crippen LogP contribution in [0.2, 0.25) is 5.02 Å². The number of hydrogen-bond donors (Lipinski definition) is 1. The van der Waals surface area contributed by atoms with Crippen LogP contribution in [0.15, 0.2) is 83.9 Å². The molecule has 0 radical (unpaired) electrons. The molecule has 1 aliphatic rings.